The molecule has 0 saturated heterocycles. The zero-order valence-electron chi connectivity index (χ0n) is 17.4. The summed E-state index contributed by atoms with van der Waals surface area (Å²) < 4.78 is 1.63. The standard InChI is InChI=1S/C23H20N4O3S2/c1-2-14-8-10-17-18(12-14)31-21-20(17)22(28)26(15-6-4-3-5-7-15)23(25-21)32-19-11-9-16(13-24-19)27(29)30/h3-7,9,11,13-14H,2,8,10,12H2,1H3. The molecule has 4 aromatic rings. The third-order valence-corrected chi connectivity index (χ3v) is 7.93. The van der Waals surface area contributed by atoms with Gasteiger partial charge in [0.1, 0.15) is 16.1 Å². The summed E-state index contributed by atoms with van der Waals surface area (Å²) in [6, 6.07) is 12.4. The molecule has 0 bridgehead atoms. The maximum Gasteiger partial charge on any atom is 0.287 e. The number of para-hydroxylation sites is 1. The molecule has 7 nitrogen and oxygen atoms in total. The summed E-state index contributed by atoms with van der Waals surface area (Å²) in [7, 11) is 0. The van der Waals surface area contributed by atoms with Crippen molar-refractivity contribution in [2.24, 2.45) is 5.92 Å². The second-order valence-corrected chi connectivity index (χ2v) is 9.86. The molecule has 0 amide bonds. The van der Waals surface area contributed by atoms with E-state index in [-0.39, 0.29) is 11.2 Å². The van der Waals surface area contributed by atoms with Crippen LogP contribution >= 0.6 is 23.1 Å². The van der Waals surface area contributed by atoms with E-state index in [0.29, 0.717) is 16.1 Å². The molecule has 1 aliphatic carbocycles. The van der Waals surface area contributed by atoms with Crippen molar-refractivity contribution in [3.63, 3.8) is 0 Å². The van der Waals surface area contributed by atoms with Crippen LogP contribution in [0.3, 0.4) is 0 Å². The highest BCUT2D eigenvalue weighted by Gasteiger charge is 2.26. The summed E-state index contributed by atoms with van der Waals surface area (Å²) in [5, 5.41) is 12.7. The molecular formula is C23H20N4O3S2. The Morgan fingerprint density at radius 1 is 1.25 bits per heavy atom. The number of benzene rings is 1. The first kappa shape index (κ1) is 20.8. The van der Waals surface area contributed by atoms with Gasteiger partial charge in [0.2, 0.25) is 0 Å². The number of aromatic nitrogens is 3. The van der Waals surface area contributed by atoms with E-state index < -0.39 is 4.92 Å². The number of fused-ring (bicyclic) bond motifs is 3. The largest absolute Gasteiger partial charge is 0.287 e. The molecule has 5 rings (SSSR count). The monoisotopic (exact) mass is 464 g/mol. The van der Waals surface area contributed by atoms with Crippen molar-refractivity contribution >= 4 is 39.0 Å². The second-order valence-electron chi connectivity index (χ2n) is 7.79. The molecule has 162 valence electrons. The summed E-state index contributed by atoms with van der Waals surface area (Å²) in [5.74, 6) is 0.657. The Kier molecular flexibility index (Phi) is 5.52. The summed E-state index contributed by atoms with van der Waals surface area (Å²) in [4.78, 5) is 35.4. The molecule has 0 N–H and O–H groups in total. The quantitative estimate of drug-likeness (QED) is 0.223. The van der Waals surface area contributed by atoms with Gasteiger partial charge in [-0.05, 0) is 60.7 Å². The molecule has 0 saturated carbocycles. The lowest BCUT2D eigenvalue weighted by molar-refractivity contribution is -0.385. The van der Waals surface area contributed by atoms with Gasteiger partial charge in [-0.2, -0.15) is 0 Å². The van der Waals surface area contributed by atoms with E-state index in [1.807, 2.05) is 30.3 Å². The van der Waals surface area contributed by atoms with Crippen LogP contribution in [-0.2, 0) is 12.8 Å². The van der Waals surface area contributed by atoms with E-state index in [2.05, 4.69) is 11.9 Å². The first-order valence-electron chi connectivity index (χ1n) is 10.5. The lowest BCUT2D eigenvalue weighted by Crippen LogP contribution is -2.22. The minimum absolute atomic E-state index is 0.0712. The molecule has 1 unspecified atom stereocenters. The SMILES string of the molecule is CCC1CCc2c(sc3nc(Sc4ccc([N+](=O)[O-])cn4)n(-c4ccccc4)c(=O)c23)C1. The Bertz CT molecular complexity index is 1360. The molecule has 0 fully saturated rings. The fraction of sp³-hybridized carbons (Fsp3) is 0.261. The average Bonchev–Trinajstić information content (AvgIpc) is 3.17. The third-order valence-electron chi connectivity index (χ3n) is 5.87. The van der Waals surface area contributed by atoms with Gasteiger partial charge in [0.15, 0.2) is 5.16 Å². The summed E-state index contributed by atoms with van der Waals surface area (Å²) in [5.41, 5.74) is 1.74. The number of pyridine rings is 1. The number of nitro groups is 1. The fourth-order valence-electron chi connectivity index (χ4n) is 4.13. The molecule has 3 aromatic heterocycles. The molecule has 1 aromatic carbocycles. The topological polar surface area (TPSA) is 90.9 Å². The van der Waals surface area contributed by atoms with Crippen LogP contribution in [0, 0.1) is 16.0 Å². The molecule has 0 spiro atoms. The van der Waals surface area contributed by atoms with E-state index in [4.69, 9.17) is 4.98 Å². The highest BCUT2D eigenvalue weighted by Crippen LogP contribution is 2.38. The number of rotatable bonds is 5. The summed E-state index contributed by atoms with van der Waals surface area (Å²) in [6.07, 6.45) is 5.38. The number of hydrogen-bond donors (Lipinski definition) is 0. The molecule has 0 aliphatic heterocycles. The number of thiophene rings is 1. The van der Waals surface area contributed by atoms with Gasteiger partial charge in [-0.15, -0.1) is 11.3 Å². The van der Waals surface area contributed by atoms with Gasteiger partial charge in [0.05, 0.1) is 16.0 Å². The van der Waals surface area contributed by atoms with Crippen LogP contribution in [0.15, 0.2) is 63.6 Å². The van der Waals surface area contributed by atoms with Crippen molar-refractivity contribution in [3.8, 4) is 5.69 Å². The first-order chi connectivity index (χ1) is 15.5. The van der Waals surface area contributed by atoms with E-state index >= 15 is 0 Å². The second kappa shape index (κ2) is 8.48. The predicted octanol–water partition coefficient (Wildman–Crippen LogP) is 5.42. The molecule has 3 heterocycles. The highest BCUT2D eigenvalue weighted by atomic mass is 32.2. The van der Waals surface area contributed by atoms with Crippen LogP contribution < -0.4 is 5.56 Å². The lowest BCUT2D eigenvalue weighted by atomic mass is 9.86. The van der Waals surface area contributed by atoms with Crippen molar-refractivity contribution in [2.45, 2.75) is 42.8 Å². The Morgan fingerprint density at radius 2 is 2.06 bits per heavy atom. The van der Waals surface area contributed by atoms with E-state index in [1.165, 1.54) is 28.9 Å². The number of nitrogens with zero attached hydrogens (tertiary/aromatic N) is 4. The van der Waals surface area contributed by atoms with Crippen molar-refractivity contribution in [3.05, 3.63) is 79.6 Å². The predicted molar refractivity (Wildman–Crippen MR) is 126 cm³/mol. The summed E-state index contributed by atoms with van der Waals surface area (Å²) in [6.45, 7) is 2.22. The van der Waals surface area contributed by atoms with Gasteiger partial charge in [0.25, 0.3) is 11.2 Å². The van der Waals surface area contributed by atoms with Crippen LogP contribution in [-0.4, -0.2) is 19.5 Å². The average molecular weight is 465 g/mol. The van der Waals surface area contributed by atoms with Crippen LogP contribution in [0.25, 0.3) is 15.9 Å². The first-order valence-corrected chi connectivity index (χ1v) is 12.1. The Morgan fingerprint density at radius 3 is 2.75 bits per heavy atom. The van der Waals surface area contributed by atoms with Gasteiger partial charge in [0, 0.05) is 10.9 Å². The lowest BCUT2D eigenvalue weighted by Gasteiger charge is -2.20. The Labute approximate surface area is 192 Å². The minimum atomic E-state index is -0.481. The zero-order valence-corrected chi connectivity index (χ0v) is 19.0. The Balaban J connectivity index is 1.67. The van der Waals surface area contributed by atoms with Crippen LogP contribution in [0.5, 0.6) is 0 Å². The van der Waals surface area contributed by atoms with Crippen molar-refractivity contribution < 1.29 is 4.92 Å². The normalized spacial score (nSPS) is 15.6. The number of aryl methyl sites for hydroxylation is 1. The van der Waals surface area contributed by atoms with Crippen LogP contribution in [0.2, 0.25) is 0 Å². The zero-order chi connectivity index (χ0) is 22.2. The smallest absolute Gasteiger partial charge is 0.268 e. The van der Waals surface area contributed by atoms with E-state index in [9.17, 15) is 14.9 Å². The molecule has 32 heavy (non-hydrogen) atoms. The van der Waals surface area contributed by atoms with Crippen LogP contribution in [0.1, 0.15) is 30.2 Å². The van der Waals surface area contributed by atoms with Gasteiger partial charge >= 0.3 is 0 Å². The molecule has 1 atom stereocenters. The van der Waals surface area contributed by atoms with Gasteiger partial charge in [-0.25, -0.2) is 9.97 Å². The Hall–Kier alpha value is -3.04. The van der Waals surface area contributed by atoms with E-state index in [1.54, 1.807) is 22.0 Å². The third kappa shape index (κ3) is 3.71. The van der Waals surface area contributed by atoms with E-state index in [0.717, 1.165) is 47.2 Å². The molecular weight excluding hydrogens is 444 g/mol. The van der Waals surface area contributed by atoms with Crippen molar-refractivity contribution in [1.82, 2.24) is 14.5 Å². The molecule has 9 heteroatoms. The fourth-order valence-corrected chi connectivity index (χ4v) is 6.36. The van der Waals surface area contributed by atoms with Crippen molar-refractivity contribution in [2.75, 3.05) is 0 Å². The van der Waals surface area contributed by atoms with Gasteiger partial charge in [-0.1, -0.05) is 31.5 Å². The molecule has 0 radical (unpaired) electrons. The van der Waals surface area contributed by atoms with Crippen LogP contribution in [0.4, 0.5) is 5.69 Å². The summed E-state index contributed by atoms with van der Waals surface area (Å²) >= 11 is 2.85. The minimum Gasteiger partial charge on any atom is -0.268 e. The van der Waals surface area contributed by atoms with Gasteiger partial charge < -0.3 is 0 Å². The van der Waals surface area contributed by atoms with Gasteiger partial charge in [-0.3, -0.25) is 19.5 Å². The maximum atomic E-state index is 13.8. The van der Waals surface area contributed by atoms with Crippen molar-refractivity contribution in [1.29, 1.82) is 0 Å². The number of hydrogen-bond acceptors (Lipinski definition) is 7. The maximum absolute atomic E-state index is 13.8. The molecule has 1 aliphatic rings. The highest BCUT2D eigenvalue weighted by molar-refractivity contribution is 7.99.